The summed E-state index contributed by atoms with van der Waals surface area (Å²) in [6.45, 7) is 0. The number of para-hydroxylation sites is 1. The van der Waals surface area contributed by atoms with Crippen molar-refractivity contribution in [3.8, 4) is 0 Å². The third kappa shape index (κ3) is 1.05. The minimum Gasteiger partial charge on any atom is -0.397 e. The first kappa shape index (κ1) is 6.91. The summed E-state index contributed by atoms with van der Waals surface area (Å²) in [5, 5.41) is 3.93. The van der Waals surface area contributed by atoms with E-state index in [2.05, 4.69) is 10.5 Å². The monoisotopic (exact) mass is 159 g/mol. The van der Waals surface area contributed by atoms with Crippen molar-refractivity contribution in [2.24, 2.45) is 5.10 Å². The summed E-state index contributed by atoms with van der Waals surface area (Å²) in [5.41, 5.74) is 11.3. The van der Waals surface area contributed by atoms with Crippen LogP contribution in [0.15, 0.2) is 29.4 Å². The maximum absolute atomic E-state index is 5.74. The highest BCUT2D eigenvalue weighted by Crippen LogP contribution is 2.25. The molecular weight excluding hydrogens is 150 g/mol. The highest BCUT2D eigenvalue weighted by molar-refractivity contribution is 5.87. The minimum atomic E-state index is 0.719. The molecule has 0 fully saturated rings. The van der Waals surface area contributed by atoms with Gasteiger partial charge in [0.05, 0.1) is 11.4 Å². The van der Waals surface area contributed by atoms with E-state index in [9.17, 15) is 0 Å². The van der Waals surface area contributed by atoms with Gasteiger partial charge in [-0.25, -0.2) is 0 Å². The Kier molecular flexibility index (Phi) is 1.55. The number of rotatable bonds is 0. The molecule has 0 aliphatic carbocycles. The van der Waals surface area contributed by atoms with E-state index in [-0.39, 0.29) is 0 Å². The third-order valence-corrected chi connectivity index (χ3v) is 1.74. The second kappa shape index (κ2) is 2.70. The Morgan fingerprint density at radius 1 is 1.33 bits per heavy atom. The summed E-state index contributed by atoms with van der Waals surface area (Å²) < 4.78 is 0. The molecule has 3 heteroatoms. The fourth-order valence-electron chi connectivity index (χ4n) is 1.15. The average Bonchev–Trinajstić information content (AvgIpc) is 2.30. The molecule has 1 heterocycles. The van der Waals surface area contributed by atoms with Crippen LogP contribution in [0.4, 0.5) is 11.4 Å². The largest absolute Gasteiger partial charge is 0.397 e. The number of hydrogen-bond acceptors (Lipinski definition) is 3. The van der Waals surface area contributed by atoms with Gasteiger partial charge in [-0.05, 0) is 12.1 Å². The second-order valence-corrected chi connectivity index (χ2v) is 2.56. The van der Waals surface area contributed by atoms with Crippen molar-refractivity contribution >= 4 is 23.7 Å². The lowest BCUT2D eigenvalue weighted by Crippen LogP contribution is -1.96. The van der Waals surface area contributed by atoms with Crippen molar-refractivity contribution in [3.63, 3.8) is 0 Å². The van der Waals surface area contributed by atoms with E-state index in [0.717, 1.165) is 16.9 Å². The highest BCUT2D eigenvalue weighted by Gasteiger charge is 2.02. The number of nitrogens with one attached hydrogen (secondary N) is 1. The van der Waals surface area contributed by atoms with Gasteiger partial charge in [-0.3, -0.25) is 5.43 Å². The highest BCUT2D eigenvalue weighted by atomic mass is 15.3. The predicted molar refractivity (Wildman–Crippen MR) is 52.0 cm³/mol. The number of fused-ring (bicyclic) bond motifs is 1. The van der Waals surface area contributed by atoms with Gasteiger partial charge in [0, 0.05) is 11.8 Å². The van der Waals surface area contributed by atoms with E-state index < -0.39 is 0 Å². The molecule has 1 aromatic rings. The normalized spacial score (nSPS) is 13.3. The quantitative estimate of drug-likeness (QED) is 0.566. The molecule has 2 rings (SSSR count). The smallest absolute Gasteiger partial charge is 0.0863 e. The zero-order valence-electron chi connectivity index (χ0n) is 6.49. The number of hydrazone groups is 1. The first-order valence-electron chi connectivity index (χ1n) is 3.72. The van der Waals surface area contributed by atoms with Crippen LogP contribution in [0.2, 0.25) is 0 Å². The Balaban J connectivity index is 2.59. The zero-order valence-corrected chi connectivity index (χ0v) is 6.49. The number of allylic oxidation sites excluding steroid dienone is 1. The molecule has 0 saturated carbocycles. The van der Waals surface area contributed by atoms with Crippen molar-refractivity contribution in [2.75, 3.05) is 11.2 Å². The lowest BCUT2D eigenvalue weighted by Gasteiger charge is -2.06. The molecule has 0 spiro atoms. The van der Waals surface area contributed by atoms with Gasteiger partial charge in [0.2, 0.25) is 0 Å². The van der Waals surface area contributed by atoms with Crippen molar-refractivity contribution in [3.05, 3.63) is 29.8 Å². The van der Waals surface area contributed by atoms with Gasteiger partial charge in [0.15, 0.2) is 0 Å². The van der Waals surface area contributed by atoms with Crippen LogP contribution < -0.4 is 11.2 Å². The standard InChI is InChI=1S/C9H9N3/c10-8-5-1-3-7-4-2-6-11-12-9(7)8/h1-6,12H,10H2. The molecule has 1 aromatic carbocycles. The number of anilines is 2. The SMILES string of the molecule is Nc1cccc2c1NN=CC=C2. The first-order valence-corrected chi connectivity index (χ1v) is 3.72. The first-order chi connectivity index (χ1) is 5.88. The molecule has 1 aliphatic rings. The summed E-state index contributed by atoms with van der Waals surface area (Å²) in [7, 11) is 0. The molecule has 0 radical (unpaired) electrons. The van der Waals surface area contributed by atoms with E-state index in [4.69, 9.17) is 5.73 Å². The molecule has 0 bridgehead atoms. The van der Waals surface area contributed by atoms with Crippen LogP contribution in [-0.2, 0) is 0 Å². The number of nitrogen functional groups attached to an aromatic ring is 1. The fraction of sp³-hybridized carbons (Fsp3) is 0. The number of nitrogens with two attached hydrogens (primary N) is 1. The maximum atomic E-state index is 5.74. The molecule has 0 amide bonds. The minimum absolute atomic E-state index is 0.719. The van der Waals surface area contributed by atoms with Gasteiger partial charge in [-0.2, -0.15) is 5.10 Å². The van der Waals surface area contributed by atoms with Crippen LogP contribution in [0.5, 0.6) is 0 Å². The number of hydrogen-bond donors (Lipinski definition) is 2. The third-order valence-electron chi connectivity index (χ3n) is 1.74. The molecule has 0 atom stereocenters. The average molecular weight is 159 g/mol. The molecule has 60 valence electrons. The van der Waals surface area contributed by atoms with Crippen molar-refractivity contribution < 1.29 is 0 Å². The van der Waals surface area contributed by atoms with Crippen LogP contribution in [0.1, 0.15) is 5.56 Å². The van der Waals surface area contributed by atoms with Gasteiger partial charge in [-0.15, -0.1) is 0 Å². The van der Waals surface area contributed by atoms with Crippen LogP contribution >= 0.6 is 0 Å². The molecule has 0 aromatic heterocycles. The number of nitrogens with zero attached hydrogens (tertiary/aromatic N) is 1. The van der Waals surface area contributed by atoms with Crippen LogP contribution in [0, 0.1) is 0 Å². The Morgan fingerprint density at radius 3 is 3.17 bits per heavy atom. The van der Waals surface area contributed by atoms with E-state index in [1.165, 1.54) is 0 Å². The number of benzene rings is 1. The molecule has 0 unspecified atom stereocenters. The Bertz CT molecular complexity index is 353. The summed E-state index contributed by atoms with van der Waals surface area (Å²) >= 11 is 0. The Hall–Kier alpha value is -1.77. The Morgan fingerprint density at radius 2 is 2.25 bits per heavy atom. The van der Waals surface area contributed by atoms with Crippen molar-refractivity contribution in [1.29, 1.82) is 0 Å². The fourth-order valence-corrected chi connectivity index (χ4v) is 1.15. The van der Waals surface area contributed by atoms with Gasteiger partial charge in [0.1, 0.15) is 0 Å². The van der Waals surface area contributed by atoms with Crippen molar-refractivity contribution in [2.45, 2.75) is 0 Å². The Labute approximate surface area is 70.6 Å². The molecule has 3 N–H and O–H groups in total. The summed E-state index contributed by atoms with van der Waals surface area (Å²) in [6, 6.07) is 5.76. The molecule has 3 nitrogen and oxygen atoms in total. The van der Waals surface area contributed by atoms with Gasteiger partial charge in [0.25, 0.3) is 0 Å². The zero-order chi connectivity index (χ0) is 8.39. The van der Waals surface area contributed by atoms with E-state index in [0.29, 0.717) is 0 Å². The van der Waals surface area contributed by atoms with Gasteiger partial charge >= 0.3 is 0 Å². The van der Waals surface area contributed by atoms with E-state index in [1.807, 2.05) is 30.4 Å². The summed E-state index contributed by atoms with van der Waals surface area (Å²) in [4.78, 5) is 0. The summed E-state index contributed by atoms with van der Waals surface area (Å²) in [5.74, 6) is 0. The van der Waals surface area contributed by atoms with Gasteiger partial charge in [-0.1, -0.05) is 18.2 Å². The van der Waals surface area contributed by atoms with Crippen LogP contribution in [0.25, 0.3) is 6.08 Å². The lowest BCUT2D eigenvalue weighted by atomic mass is 10.1. The van der Waals surface area contributed by atoms with E-state index >= 15 is 0 Å². The molecule has 12 heavy (non-hydrogen) atoms. The maximum Gasteiger partial charge on any atom is 0.0863 e. The van der Waals surface area contributed by atoms with E-state index in [1.54, 1.807) is 6.21 Å². The topological polar surface area (TPSA) is 50.4 Å². The lowest BCUT2D eigenvalue weighted by molar-refractivity contribution is 1.36. The summed E-state index contributed by atoms with van der Waals surface area (Å²) in [6.07, 6.45) is 5.53. The van der Waals surface area contributed by atoms with Crippen molar-refractivity contribution in [1.82, 2.24) is 0 Å². The molecule has 0 saturated heterocycles. The van der Waals surface area contributed by atoms with Crippen LogP contribution in [-0.4, -0.2) is 6.21 Å². The second-order valence-electron chi connectivity index (χ2n) is 2.56. The predicted octanol–water partition coefficient (Wildman–Crippen LogP) is 1.69. The van der Waals surface area contributed by atoms with Crippen LogP contribution in [0.3, 0.4) is 0 Å². The molecular formula is C9H9N3. The molecule has 1 aliphatic heterocycles. The van der Waals surface area contributed by atoms with Gasteiger partial charge < -0.3 is 5.73 Å².